The first kappa shape index (κ1) is 52.6. The lowest BCUT2D eigenvalue weighted by Crippen LogP contribution is -2.43. The summed E-state index contributed by atoms with van der Waals surface area (Å²) in [7, 11) is 0. The third-order valence-electron chi connectivity index (χ3n) is 12.0. The Bertz CT molecular complexity index is 1920. The van der Waals surface area contributed by atoms with Crippen LogP contribution >= 0.6 is 11.6 Å². The average Bonchev–Trinajstić information content (AvgIpc) is 3.20. The molecule has 3 aliphatic heterocycles. The summed E-state index contributed by atoms with van der Waals surface area (Å²) in [6.07, 6.45) is -8.67. The molecular formula is C45H57ClF11N3O3. The molecule has 0 atom stereocenters. The Morgan fingerprint density at radius 1 is 0.508 bits per heavy atom. The van der Waals surface area contributed by atoms with Crippen LogP contribution in [0.4, 0.5) is 48.3 Å². The second-order valence-electron chi connectivity index (χ2n) is 16.7. The molecule has 3 heterocycles. The number of piperidine rings is 3. The van der Waals surface area contributed by atoms with Crippen LogP contribution in [-0.2, 0) is 35.3 Å². The van der Waals surface area contributed by atoms with Crippen LogP contribution in [0.5, 0.6) is 0 Å². The Labute approximate surface area is 366 Å². The first-order valence-electron chi connectivity index (χ1n) is 21.2. The zero-order valence-corrected chi connectivity index (χ0v) is 36.4. The number of benzene rings is 3. The standard InChI is InChI=1S/C15H19ClF3NO.2C15H19F4NO/c1-2-7-20-8-5-14(21,6-9-20)12-10-11(15(17,18)19)3-4-13(12)16;1-2-5-20-6-3-14(21,4-7-20)11-8-12(15(17,18)19)10-13(16)9-11;1-2-7-20-8-5-14(21,6-9-20)11-3-4-13(16)12(10-11)15(17,18)19/h3-4,10,21H,2,5-9H2,1H3;8-10,21H,2-7H2,1H3;3-4,10,21H,2,5-9H2,1H3. The monoisotopic (exact) mass is 931 g/mol. The van der Waals surface area contributed by atoms with E-state index >= 15 is 0 Å². The maximum Gasteiger partial charge on any atom is 0.419 e. The van der Waals surface area contributed by atoms with Gasteiger partial charge in [0, 0.05) is 49.9 Å². The molecule has 63 heavy (non-hydrogen) atoms. The quantitative estimate of drug-likeness (QED) is 0.186. The minimum atomic E-state index is -4.75. The number of likely N-dealkylation sites (tertiary alicyclic amines) is 3. The molecule has 0 amide bonds. The van der Waals surface area contributed by atoms with E-state index < -0.39 is 63.7 Å². The molecule has 3 fully saturated rings. The first-order valence-corrected chi connectivity index (χ1v) is 21.6. The average molecular weight is 932 g/mol. The van der Waals surface area contributed by atoms with Crippen molar-refractivity contribution in [3.63, 3.8) is 0 Å². The highest BCUT2D eigenvalue weighted by Crippen LogP contribution is 2.42. The van der Waals surface area contributed by atoms with Gasteiger partial charge in [0.05, 0.1) is 33.5 Å². The molecule has 3 aromatic rings. The summed E-state index contributed by atoms with van der Waals surface area (Å²) in [6, 6.07) is 8.25. The minimum Gasteiger partial charge on any atom is -0.385 e. The molecule has 3 aromatic carbocycles. The van der Waals surface area contributed by atoms with Gasteiger partial charge in [-0.2, -0.15) is 39.5 Å². The van der Waals surface area contributed by atoms with Crippen LogP contribution in [0.25, 0.3) is 0 Å². The fraction of sp³-hybridized carbons (Fsp3) is 0.600. The molecule has 354 valence electrons. The predicted octanol–water partition coefficient (Wildman–Crippen LogP) is 11.1. The van der Waals surface area contributed by atoms with E-state index in [1.807, 2.05) is 6.92 Å². The zero-order valence-electron chi connectivity index (χ0n) is 35.6. The first-order chi connectivity index (χ1) is 29.3. The molecule has 0 bridgehead atoms. The molecular weight excluding hydrogens is 875 g/mol. The maximum absolute atomic E-state index is 13.5. The highest BCUT2D eigenvalue weighted by Gasteiger charge is 2.41. The number of halogens is 12. The summed E-state index contributed by atoms with van der Waals surface area (Å²) in [5.74, 6) is -2.28. The second-order valence-corrected chi connectivity index (χ2v) is 17.1. The lowest BCUT2D eigenvalue weighted by molar-refractivity contribution is -0.140. The van der Waals surface area contributed by atoms with Gasteiger partial charge in [0.25, 0.3) is 0 Å². The van der Waals surface area contributed by atoms with Gasteiger partial charge in [-0.05, 0) is 137 Å². The highest BCUT2D eigenvalue weighted by atomic mass is 35.5. The molecule has 18 heteroatoms. The van der Waals surface area contributed by atoms with Gasteiger partial charge in [-0.1, -0.05) is 38.4 Å². The summed E-state index contributed by atoms with van der Waals surface area (Å²) >= 11 is 6.03. The van der Waals surface area contributed by atoms with Crippen LogP contribution in [0.3, 0.4) is 0 Å². The molecule has 0 unspecified atom stereocenters. The van der Waals surface area contributed by atoms with Crippen LogP contribution < -0.4 is 0 Å². The van der Waals surface area contributed by atoms with Crippen molar-refractivity contribution in [3.05, 3.63) is 105 Å². The Hall–Kier alpha value is -3.06. The molecule has 0 aliphatic carbocycles. The van der Waals surface area contributed by atoms with Gasteiger partial charge in [-0.25, -0.2) is 8.78 Å². The van der Waals surface area contributed by atoms with Crippen LogP contribution in [0.2, 0.25) is 5.02 Å². The molecule has 3 saturated heterocycles. The summed E-state index contributed by atoms with van der Waals surface area (Å²) < 4.78 is 142. The summed E-state index contributed by atoms with van der Waals surface area (Å²) in [5.41, 5.74) is -6.75. The SMILES string of the molecule is CCCN1CCC(O)(c2cc(C(F)(F)F)ccc2Cl)CC1.CCCN1CCC(O)(c2cc(F)cc(C(F)(F)F)c2)CC1.CCCN1CCC(O)(c2ccc(F)c(C(F)(F)F)c2)CC1. The second kappa shape index (κ2) is 21.5. The van der Waals surface area contributed by atoms with Crippen molar-refractivity contribution in [2.75, 3.05) is 58.9 Å². The largest absolute Gasteiger partial charge is 0.419 e. The van der Waals surface area contributed by atoms with E-state index in [-0.39, 0.29) is 21.7 Å². The fourth-order valence-electron chi connectivity index (χ4n) is 8.35. The molecule has 3 N–H and O–H groups in total. The van der Waals surface area contributed by atoms with Gasteiger partial charge >= 0.3 is 18.5 Å². The number of hydrogen-bond donors (Lipinski definition) is 3. The van der Waals surface area contributed by atoms with E-state index in [9.17, 15) is 63.6 Å². The molecule has 6 nitrogen and oxygen atoms in total. The molecule has 0 spiro atoms. The van der Waals surface area contributed by atoms with Gasteiger partial charge in [-0.15, -0.1) is 0 Å². The minimum absolute atomic E-state index is 0.0194. The summed E-state index contributed by atoms with van der Waals surface area (Å²) in [4.78, 5) is 6.52. The van der Waals surface area contributed by atoms with Gasteiger partial charge in [0.15, 0.2) is 0 Å². The maximum atomic E-state index is 13.5. The number of nitrogens with zero attached hydrogens (tertiary/aromatic N) is 3. The Morgan fingerprint density at radius 3 is 1.35 bits per heavy atom. The fourth-order valence-corrected chi connectivity index (χ4v) is 8.64. The van der Waals surface area contributed by atoms with E-state index in [0.29, 0.717) is 83.9 Å². The van der Waals surface area contributed by atoms with E-state index in [4.69, 9.17) is 11.6 Å². The molecule has 3 aliphatic rings. The normalized spacial score (nSPS) is 19.7. The van der Waals surface area contributed by atoms with Gasteiger partial charge in [0.2, 0.25) is 0 Å². The van der Waals surface area contributed by atoms with E-state index in [1.54, 1.807) is 0 Å². The molecule has 0 radical (unpaired) electrons. The topological polar surface area (TPSA) is 70.4 Å². The van der Waals surface area contributed by atoms with Gasteiger partial charge in [-0.3, -0.25) is 0 Å². The van der Waals surface area contributed by atoms with Crippen molar-refractivity contribution in [2.24, 2.45) is 0 Å². The van der Waals surface area contributed by atoms with Crippen molar-refractivity contribution in [1.82, 2.24) is 14.7 Å². The van der Waals surface area contributed by atoms with Crippen molar-refractivity contribution in [1.29, 1.82) is 0 Å². The lowest BCUT2D eigenvalue weighted by atomic mass is 9.83. The third-order valence-corrected chi connectivity index (χ3v) is 12.4. The van der Waals surface area contributed by atoms with Crippen molar-refractivity contribution < 1.29 is 63.6 Å². The number of alkyl halides is 9. The number of aliphatic hydroxyl groups is 3. The molecule has 0 saturated carbocycles. The number of hydrogen-bond acceptors (Lipinski definition) is 6. The third kappa shape index (κ3) is 14.2. The molecule has 0 aromatic heterocycles. The molecule has 6 rings (SSSR count). The Kier molecular flexibility index (Phi) is 17.9. The predicted molar refractivity (Wildman–Crippen MR) is 219 cm³/mol. The zero-order chi connectivity index (χ0) is 47.0. The van der Waals surface area contributed by atoms with Crippen LogP contribution in [0.1, 0.15) is 112 Å². The van der Waals surface area contributed by atoms with Crippen LogP contribution in [0.15, 0.2) is 54.6 Å². The smallest absolute Gasteiger partial charge is 0.385 e. The van der Waals surface area contributed by atoms with Crippen molar-refractivity contribution in [3.8, 4) is 0 Å². The van der Waals surface area contributed by atoms with E-state index in [0.717, 1.165) is 75.3 Å². The number of rotatable bonds is 9. The summed E-state index contributed by atoms with van der Waals surface area (Å²) in [6.45, 7) is 12.7. The van der Waals surface area contributed by atoms with Crippen LogP contribution in [0, 0.1) is 11.6 Å². The van der Waals surface area contributed by atoms with Gasteiger partial charge < -0.3 is 30.0 Å². The Morgan fingerprint density at radius 2 is 0.937 bits per heavy atom. The van der Waals surface area contributed by atoms with E-state index in [1.165, 1.54) is 12.1 Å². The van der Waals surface area contributed by atoms with Crippen molar-refractivity contribution >= 4 is 11.6 Å². The van der Waals surface area contributed by atoms with Crippen molar-refractivity contribution in [2.45, 2.75) is 114 Å². The highest BCUT2D eigenvalue weighted by molar-refractivity contribution is 6.31. The Balaban J connectivity index is 0.000000207. The van der Waals surface area contributed by atoms with E-state index in [2.05, 4.69) is 28.5 Å². The van der Waals surface area contributed by atoms with Crippen LogP contribution in [-0.4, -0.2) is 88.9 Å². The summed E-state index contributed by atoms with van der Waals surface area (Å²) in [5, 5.41) is 32.1. The van der Waals surface area contributed by atoms with Gasteiger partial charge in [0.1, 0.15) is 11.6 Å². The lowest BCUT2D eigenvalue weighted by Gasteiger charge is -2.39.